The maximum atomic E-state index is 11.8. The molecule has 2 rings (SSSR count). The number of hydrazine groups is 1. The van der Waals surface area contributed by atoms with Crippen molar-refractivity contribution in [2.45, 2.75) is 6.92 Å². The standard InChI is InChI=1S/C11H11N5O2S/c1-6-5-8(14-13-6)10(18)16-15-9(17)7-3-2-4-12-11(7)19/h2-5H,1H3,(H,12,19)(H,13,14)(H,15,17)(H,16,18). The van der Waals surface area contributed by atoms with Crippen LogP contribution in [0, 0.1) is 11.6 Å². The van der Waals surface area contributed by atoms with Crippen molar-refractivity contribution in [3.8, 4) is 0 Å². The van der Waals surface area contributed by atoms with E-state index >= 15 is 0 Å². The number of carbonyl (C=O) groups excluding carboxylic acids is 2. The van der Waals surface area contributed by atoms with Crippen LogP contribution in [0.1, 0.15) is 26.5 Å². The highest BCUT2D eigenvalue weighted by atomic mass is 32.1. The van der Waals surface area contributed by atoms with Crippen LogP contribution >= 0.6 is 12.2 Å². The number of amides is 2. The predicted molar refractivity (Wildman–Crippen MR) is 69.9 cm³/mol. The van der Waals surface area contributed by atoms with E-state index in [9.17, 15) is 9.59 Å². The highest BCUT2D eigenvalue weighted by Crippen LogP contribution is 1.99. The number of aryl methyl sites for hydroxylation is 1. The number of hydrogen-bond acceptors (Lipinski definition) is 4. The first-order valence-corrected chi connectivity index (χ1v) is 5.79. The lowest BCUT2D eigenvalue weighted by molar-refractivity contribution is 0.0843. The van der Waals surface area contributed by atoms with Crippen LogP contribution in [-0.2, 0) is 0 Å². The number of aromatic amines is 2. The summed E-state index contributed by atoms with van der Waals surface area (Å²) in [4.78, 5) is 26.1. The molecular weight excluding hydrogens is 266 g/mol. The van der Waals surface area contributed by atoms with Crippen LogP contribution < -0.4 is 10.9 Å². The molecule has 0 aromatic carbocycles. The molecule has 2 heterocycles. The predicted octanol–water partition coefficient (Wildman–Crippen LogP) is 0.851. The maximum absolute atomic E-state index is 11.8. The van der Waals surface area contributed by atoms with Crippen LogP contribution in [-0.4, -0.2) is 27.0 Å². The van der Waals surface area contributed by atoms with E-state index in [4.69, 9.17) is 12.2 Å². The van der Waals surface area contributed by atoms with E-state index in [1.54, 1.807) is 31.3 Å². The Hall–Kier alpha value is -2.48. The minimum absolute atomic E-state index is 0.191. The molecule has 7 nitrogen and oxygen atoms in total. The van der Waals surface area contributed by atoms with Crippen LogP contribution in [0.2, 0.25) is 0 Å². The molecule has 0 saturated carbocycles. The number of H-pyrrole nitrogens is 2. The number of carbonyl (C=O) groups is 2. The highest BCUT2D eigenvalue weighted by Gasteiger charge is 2.12. The molecule has 0 fully saturated rings. The molecule has 0 unspecified atom stereocenters. The van der Waals surface area contributed by atoms with E-state index in [2.05, 4.69) is 26.0 Å². The van der Waals surface area contributed by atoms with Gasteiger partial charge in [0.05, 0.1) is 5.56 Å². The number of aromatic nitrogens is 3. The Morgan fingerprint density at radius 3 is 2.68 bits per heavy atom. The van der Waals surface area contributed by atoms with Crippen LogP contribution in [0.15, 0.2) is 24.4 Å². The number of rotatable bonds is 2. The zero-order valence-electron chi connectivity index (χ0n) is 9.98. The second-order valence-corrected chi connectivity index (χ2v) is 4.17. The van der Waals surface area contributed by atoms with Gasteiger partial charge >= 0.3 is 0 Å². The molecule has 0 atom stereocenters. The Kier molecular flexibility index (Phi) is 3.71. The number of hydrogen-bond donors (Lipinski definition) is 4. The SMILES string of the molecule is Cc1cc(C(=O)NNC(=O)c2ccc[nH]c2=S)n[nH]1. The summed E-state index contributed by atoms with van der Waals surface area (Å²) < 4.78 is 0.296. The number of nitrogens with one attached hydrogen (secondary N) is 4. The summed E-state index contributed by atoms with van der Waals surface area (Å²) >= 11 is 4.96. The van der Waals surface area contributed by atoms with Gasteiger partial charge in [-0.15, -0.1) is 0 Å². The second-order valence-electron chi connectivity index (χ2n) is 3.76. The van der Waals surface area contributed by atoms with Gasteiger partial charge < -0.3 is 4.98 Å². The van der Waals surface area contributed by atoms with Crippen molar-refractivity contribution >= 4 is 24.0 Å². The van der Waals surface area contributed by atoms with Crippen molar-refractivity contribution in [3.63, 3.8) is 0 Å². The average molecular weight is 277 g/mol. The first kappa shape index (κ1) is 13.0. The fourth-order valence-electron chi connectivity index (χ4n) is 1.38. The van der Waals surface area contributed by atoms with E-state index in [0.717, 1.165) is 5.69 Å². The van der Waals surface area contributed by atoms with Crippen molar-refractivity contribution < 1.29 is 9.59 Å². The van der Waals surface area contributed by atoms with E-state index < -0.39 is 11.8 Å². The van der Waals surface area contributed by atoms with Crippen molar-refractivity contribution in [2.24, 2.45) is 0 Å². The largest absolute Gasteiger partial charge is 0.352 e. The third-order valence-electron chi connectivity index (χ3n) is 2.29. The summed E-state index contributed by atoms with van der Waals surface area (Å²) in [6.45, 7) is 1.77. The molecule has 0 spiro atoms. The van der Waals surface area contributed by atoms with Gasteiger partial charge in [0.1, 0.15) is 4.64 Å². The summed E-state index contributed by atoms with van der Waals surface area (Å²) in [6.07, 6.45) is 1.62. The second kappa shape index (κ2) is 5.44. The zero-order valence-corrected chi connectivity index (χ0v) is 10.8. The summed E-state index contributed by atoms with van der Waals surface area (Å²) in [5.74, 6) is -1.01. The van der Waals surface area contributed by atoms with Gasteiger partial charge in [-0.05, 0) is 25.1 Å². The third kappa shape index (κ3) is 3.05. The molecule has 2 aromatic heterocycles. The Morgan fingerprint density at radius 1 is 1.32 bits per heavy atom. The van der Waals surface area contributed by atoms with Gasteiger partial charge in [0, 0.05) is 11.9 Å². The van der Waals surface area contributed by atoms with Crippen molar-refractivity contribution in [3.05, 3.63) is 46.0 Å². The molecule has 0 aliphatic carbocycles. The van der Waals surface area contributed by atoms with Gasteiger partial charge in [-0.3, -0.25) is 25.5 Å². The van der Waals surface area contributed by atoms with Crippen molar-refractivity contribution in [1.29, 1.82) is 0 Å². The lowest BCUT2D eigenvalue weighted by Crippen LogP contribution is -2.41. The van der Waals surface area contributed by atoms with Gasteiger partial charge in [0.25, 0.3) is 11.8 Å². The van der Waals surface area contributed by atoms with Crippen LogP contribution in [0.4, 0.5) is 0 Å². The summed E-state index contributed by atoms with van der Waals surface area (Å²) in [7, 11) is 0. The van der Waals surface area contributed by atoms with E-state index in [0.29, 0.717) is 4.64 Å². The number of pyridine rings is 1. The monoisotopic (exact) mass is 277 g/mol. The highest BCUT2D eigenvalue weighted by molar-refractivity contribution is 7.71. The normalized spacial score (nSPS) is 9.95. The summed E-state index contributed by atoms with van der Waals surface area (Å²) in [5, 5.41) is 6.40. The molecule has 19 heavy (non-hydrogen) atoms. The topological polar surface area (TPSA) is 103 Å². The van der Waals surface area contributed by atoms with E-state index in [1.165, 1.54) is 0 Å². The van der Waals surface area contributed by atoms with Gasteiger partial charge in [0.2, 0.25) is 0 Å². The van der Waals surface area contributed by atoms with Crippen LogP contribution in [0.5, 0.6) is 0 Å². The van der Waals surface area contributed by atoms with Crippen molar-refractivity contribution in [1.82, 2.24) is 26.0 Å². The lowest BCUT2D eigenvalue weighted by Gasteiger charge is -2.05. The average Bonchev–Trinajstić information content (AvgIpc) is 2.83. The molecule has 0 saturated heterocycles. The Bertz CT molecular complexity index is 675. The van der Waals surface area contributed by atoms with Crippen molar-refractivity contribution in [2.75, 3.05) is 0 Å². The van der Waals surface area contributed by atoms with Gasteiger partial charge in [0.15, 0.2) is 5.69 Å². The number of nitrogens with zero attached hydrogens (tertiary/aromatic N) is 1. The minimum atomic E-state index is -0.511. The smallest absolute Gasteiger partial charge is 0.290 e. The van der Waals surface area contributed by atoms with Gasteiger partial charge in [-0.2, -0.15) is 5.10 Å². The zero-order chi connectivity index (χ0) is 13.8. The molecule has 98 valence electrons. The molecule has 0 radical (unpaired) electrons. The van der Waals surface area contributed by atoms with Crippen LogP contribution in [0.25, 0.3) is 0 Å². The molecule has 8 heteroatoms. The third-order valence-corrected chi connectivity index (χ3v) is 2.63. The summed E-state index contributed by atoms with van der Waals surface area (Å²) in [6, 6.07) is 4.76. The maximum Gasteiger partial charge on any atom is 0.290 e. The molecular formula is C11H11N5O2S. The van der Waals surface area contributed by atoms with E-state index in [-0.39, 0.29) is 11.3 Å². The Morgan fingerprint density at radius 2 is 2.05 bits per heavy atom. The van der Waals surface area contributed by atoms with Gasteiger partial charge in [-0.1, -0.05) is 12.2 Å². The minimum Gasteiger partial charge on any atom is -0.352 e. The van der Waals surface area contributed by atoms with Gasteiger partial charge in [-0.25, -0.2) is 0 Å². The molecule has 2 amide bonds. The molecule has 0 aliphatic rings. The van der Waals surface area contributed by atoms with Crippen LogP contribution in [0.3, 0.4) is 0 Å². The molecule has 0 bridgehead atoms. The fraction of sp³-hybridized carbons (Fsp3) is 0.0909. The lowest BCUT2D eigenvalue weighted by atomic mass is 10.3. The quantitative estimate of drug-likeness (QED) is 0.482. The Balaban J connectivity index is 2.00. The summed E-state index contributed by atoms with van der Waals surface area (Å²) in [5.41, 5.74) is 5.74. The molecule has 4 N–H and O–H groups in total. The molecule has 0 aliphatic heterocycles. The first-order chi connectivity index (χ1) is 9.08. The molecule has 2 aromatic rings. The van der Waals surface area contributed by atoms with E-state index in [1.807, 2.05) is 0 Å². The Labute approximate surface area is 113 Å². The first-order valence-electron chi connectivity index (χ1n) is 5.38. The fourth-order valence-corrected chi connectivity index (χ4v) is 1.61.